The SMILES string of the molecule is Cc1ccc(C)c(NC(=O)C(C#N)=Cc2cn(C(C)C)c3ccccc23)c1. The van der Waals surface area contributed by atoms with Crippen LogP contribution >= 0.6 is 0 Å². The number of carbonyl (C=O) groups excluding carboxylic acids is 1. The second kappa shape index (κ2) is 7.51. The zero-order valence-electron chi connectivity index (χ0n) is 16.1. The minimum absolute atomic E-state index is 0.0857. The highest BCUT2D eigenvalue weighted by Crippen LogP contribution is 2.26. The van der Waals surface area contributed by atoms with Gasteiger partial charge in [0.05, 0.1) is 0 Å². The smallest absolute Gasteiger partial charge is 0.266 e. The predicted molar refractivity (Wildman–Crippen MR) is 110 cm³/mol. The molecule has 27 heavy (non-hydrogen) atoms. The molecule has 3 aromatic rings. The number of aryl methyl sites for hydroxylation is 2. The van der Waals surface area contributed by atoms with Crippen LogP contribution < -0.4 is 5.32 Å². The largest absolute Gasteiger partial charge is 0.344 e. The van der Waals surface area contributed by atoms with Crippen molar-refractivity contribution in [2.75, 3.05) is 5.32 Å². The molecule has 3 rings (SSSR count). The number of para-hydroxylation sites is 1. The van der Waals surface area contributed by atoms with E-state index in [0.29, 0.717) is 0 Å². The molecule has 4 heteroatoms. The summed E-state index contributed by atoms with van der Waals surface area (Å²) in [6.45, 7) is 8.12. The van der Waals surface area contributed by atoms with Crippen LogP contribution in [0.4, 0.5) is 5.69 Å². The van der Waals surface area contributed by atoms with Crippen molar-refractivity contribution >= 4 is 28.6 Å². The first-order chi connectivity index (χ1) is 12.9. The van der Waals surface area contributed by atoms with Gasteiger partial charge < -0.3 is 9.88 Å². The highest BCUT2D eigenvalue weighted by atomic mass is 16.1. The van der Waals surface area contributed by atoms with Gasteiger partial charge >= 0.3 is 0 Å². The van der Waals surface area contributed by atoms with Crippen LogP contribution in [0.15, 0.2) is 54.2 Å². The lowest BCUT2D eigenvalue weighted by Crippen LogP contribution is -2.14. The summed E-state index contributed by atoms with van der Waals surface area (Å²) in [4.78, 5) is 12.7. The number of aromatic nitrogens is 1. The van der Waals surface area contributed by atoms with Crippen LogP contribution in [0.3, 0.4) is 0 Å². The number of hydrogen-bond donors (Lipinski definition) is 1. The quantitative estimate of drug-likeness (QED) is 0.503. The summed E-state index contributed by atoms with van der Waals surface area (Å²) in [6.07, 6.45) is 3.67. The van der Waals surface area contributed by atoms with E-state index in [1.165, 1.54) is 0 Å². The number of carbonyl (C=O) groups is 1. The average molecular weight is 357 g/mol. The first-order valence-corrected chi connectivity index (χ1v) is 9.00. The van der Waals surface area contributed by atoms with Crippen LogP contribution in [0.2, 0.25) is 0 Å². The van der Waals surface area contributed by atoms with Gasteiger partial charge in [-0.15, -0.1) is 0 Å². The van der Waals surface area contributed by atoms with Gasteiger partial charge in [0.25, 0.3) is 5.91 Å². The molecule has 4 nitrogen and oxygen atoms in total. The maximum absolute atomic E-state index is 12.7. The van der Waals surface area contributed by atoms with Crippen LogP contribution in [0.25, 0.3) is 17.0 Å². The van der Waals surface area contributed by atoms with Crippen LogP contribution in [0.1, 0.15) is 36.6 Å². The topological polar surface area (TPSA) is 57.8 Å². The van der Waals surface area contributed by atoms with Crippen LogP contribution in [0.5, 0.6) is 0 Å². The molecule has 136 valence electrons. The molecule has 0 saturated carbocycles. The summed E-state index contributed by atoms with van der Waals surface area (Å²) in [6, 6.07) is 16.2. The summed E-state index contributed by atoms with van der Waals surface area (Å²) in [5, 5.41) is 13.5. The Labute approximate surface area is 159 Å². The second-order valence-electron chi connectivity index (χ2n) is 7.04. The van der Waals surface area contributed by atoms with Crippen LogP contribution in [-0.2, 0) is 4.79 Å². The zero-order valence-corrected chi connectivity index (χ0v) is 16.1. The van der Waals surface area contributed by atoms with Crippen molar-refractivity contribution < 1.29 is 4.79 Å². The molecule has 2 aromatic carbocycles. The Kier molecular flexibility index (Phi) is 5.14. The maximum atomic E-state index is 12.7. The summed E-state index contributed by atoms with van der Waals surface area (Å²) in [5.74, 6) is -0.396. The minimum atomic E-state index is -0.396. The molecular weight excluding hydrogens is 334 g/mol. The molecule has 1 N–H and O–H groups in total. The number of amides is 1. The third-order valence-corrected chi connectivity index (χ3v) is 4.63. The molecule has 1 heterocycles. The zero-order chi connectivity index (χ0) is 19.6. The molecule has 0 bridgehead atoms. The van der Waals surface area contributed by atoms with Gasteiger partial charge in [0.1, 0.15) is 11.6 Å². The summed E-state index contributed by atoms with van der Waals surface area (Å²) in [7, 11) is 0. The Bertz CT molecular complexity index is 1080. The van der Waals surface area contributed by atoms with Crippen molar-refractivity contribution in [1.82, 2.24) is 4.57 Å². The van der Waals surface area contributed by atoms with Crippen molar-refractivity contribution in [3.05, 3.63) is 70.9 Å². The highest BCUT2D eigenvalue weighted by Gasteiger charge is 2.14. The number of nitrogens with zero attached hydrogens (tertiary/aromatic N) is 2. The molecule has 1 aromatic heterocycles. The Morgan fingerprint density at radius 3 is 2.63 bits per heavy atom. The normalized spacial score (nSPS) is 11.6. The van der Waals surface area contributed by atoms with E-state index < -0.39 is 5.91 Å². The Morgan fingerprint density at radius 2 is 1.93 bits per heavy atom. The molecule has 0 unspecified atom stereocenters. The third kappa shape index (κ3) is 3.78. The Hall–Kier alpha value is -3.32. The first-order valence-electron chi connectivity index (χ1n) is 9.00. The van der Waals surface area contributed by atoms with Crippen molar-refractivity contribution in [1.29, 1.82) is 5.26 Å². The molecule has 0 saturated heterocycles. The number of nitrogens with one attached hydrogen (secondary N) is 1. The van der Waals surface area contributed by atoms with Crippen LogP contribution in [0, 0.1) is 25.2 Å². The number of fused-ring (bicyclic) bond motifs is 1. The van der Waals surface area contributed by atoms with Gasteiger partial charge in [-0.2, -0.15) is 5.26 Å². The summed E-state index contributed by atoms with van der Waals surface area (Å²) >= 11 is 0. The van der Waals surface area contributed by atoms with Gasteiger partial charge in [-0.25, -0.2) is 0 Å². The minimum Gasteiger partial charge on any atom is -0.344 e. The second-order valence-corrected chi connectivity index (χ2v) is 7.04. The molecule has 0 spiro atoms. The molecule has 1 amide bonds. The van der Waals surface area contributed by atoms with E-state index in [4.69, 9.17) is 0 Å². The van der Waals surface area contributed by atoms with E-state index in [0.717, 1.165) is 33.3 Å². The van der Waals surface area contributed by atoms with E-state index in [1.54, 1.807) is 6.08 Å². The van der Waals surface area contributed by atoms with Crippen LogP contribution in [-0.4, -0.2) is 10.5 Å². The maximum Gasteiger partial charge on any atom is 0.266 e. The fourth-order valence-corrected chi connectivity index (χ4v) is 3.14. The van der Waals surface area contributed by atoms with Gasteiger partial charge in [0.2, 0.25) is 0 Å². The van der Waals surface area contributed by atoms with E-state index in [2.05, 4.69) is 29.8 Å². The Morgan fingerprint density at radius 1 is 1.19 bits per heavy atom. The molecule has 0 radical (unpaired) electrons. The number of nitriles is 1. The summed E-state index contributed by atoms with van der Waals surface area (Å²) < 4.78 is 2.15. The summed E-state index contributed by atoms with van der Waals surface area (Å²) in [5.41, 5.74) is 4.78. The van der Waals surface area contributed by atoms with E-state index in [9.17, 15) is 10.1 Å². The van der Waals surface area contributed by atoms with Crippen molar-refractivity contribution in [2.45, 2.75) is 33.7 Å². The molecule has 0 aliphatic rings. The number of rotatable bonds is 4. The van der Waals surface area contributed by atoms with Gasteiger partial charge in [0.15, 0.2) is 0 Å². The average Bonchev–Trinajstić information content (AvgIpc) is 3.01. The third-order valence-electron chi connectivity index (χ3n) is 4.63. The number of benzene rings is 2. The van der Waals surface area contributed by atoms with Gasteiger partial charge in [-0.1, -0.05) is 30.3 Å². The molecule has 0 atom stereocenters. The molecule has 0 aliphatic heterocycles. The van der Waals surface area contributed by atoms with E-state index >= 15 is 0 Å². The van der Waals surface area contributed by atoms with Crippen molar-refractivity contribution in [3.8, 4) is 6.07 Å². The lowest BCUT2D eigenvalue weighted by atomic mass is 10.1. The first kappa shape index (κ1) is 18.5. The standard InChI is InChI=1S/C23H23N3O/c1-15(2)26-14-19(20-7-5-6-8-22(20)26)12-18(13-24)23(27)25-21-11-16(3)9-10-17(21)4/h5-12,14-15H,1-4H3,(H,25,27). The highest BCUT2D eigenvalue weighted by molar-refractivity contribution is 6.11. The molecule has 0 fully saturated rings. The fraction of sp³-hybridized carbons (Fsp3) is 0.217. The van der Waals surface area contributed by atoms with Crippen molar-refractivity contribution in [3.63, 3.8) is 0 Å². The molecule has 0 aliphatic carbocycles. The van der Waals surface area contributed by atoms with Crippen molar-refractivity contribution in [2.24, 2.45) is 0 Å². The number of hydrogen-bond acceptors (Lipinski definition) is 2. The fourth-order valence-electron chi connectivity index (χ4n) is 3.14. The predicted octanol–water partition coefficient (Wildman–Crippen LogP) is 5.38. The Balaban J connectivity index is 2.00. The van der Waals surface area contributed by atoms with Gasteiger partial charge in [-0.05, 0) is 57.0 Å². The van der Waals surface area contributed by atoms with E-state index in [1.807, 2.05) is 62.5 Å². The lowest BCUT2D eigenvalue weighted by Gasteiger charge is -2.08. The molecular formula is C23H23N3O. The monoisotopic (exact) mass is 357 g/mol. The van der Waals surface area contributed by atoms with Gasteiger partial charge in [0, 0.05) is 34.4 Å². The lowest BCUT2D eigenvalue weighted by molar-refractivity contribution is -0.112. The van der Waals surface area contributed by atoms with Gasteiger partial charge in [-0.3, -0.25) is 4.79 Å². The number of anilines is 1. The van der Waals surface area contributed by atoms with E-state index in [-0.39, 0.29) is 11.6 Å².